The highest BCUT2D eigenvalue weighted by molar-refractivity contribution is 7.90. The first-order chi connectivity index (χ1) is 18.2. The number of rotatable bonds is 9. The summed E-state index contributed by atoms with van der Waals surface area (Å²) >= 11 is 1.66. The van der Waals surface area contributed by atoms with Crippen LogP contribution >= 0.6 is 11.3 Å². The highest BCUT2D eigenvalue weighted by Crippen LogP contribution is 2.37. The number of carbonyl (C=O) groups is 1. The van der Waals surface area contributed by atoms with Crippen molar-refractivity contribution in [3.63, 3.8) is 0 Å². The van der Waals surface area contributed by atoms with Gasteiger partial charge >= 0.3 is 5.97 Å². The summed E-state index contributed by atoms with van der Waals surface area (Å²) in [5, 5.41) is 3.23. The SMILES string of the molecule is CC#C[C@@H](CC(=O)OCC)c1ccc(OCc2ccc3scc(-c4ccc(S(C)(=O)=O)cc4C)c3c2)cc1. The quantitative estimate of drug-likeness (QED) is 0.168. The van der Waals surface area contributed by atoms with Gasteiger partial charge in [-0.3, -0.25) is 4.79 Å². The van der Waals surface area contributed by atoms with E-state index in [1.54, 1.807) is 37.3 Å². The topological polar surface area (TPSA) is 69.7 Å². The van der Waals surface area contributed by atoms with E-state index in [0.29, 0.717) is 18.1 Å². The molecule has 0 aliphatic heterocycles. The predicted molar refractivity (Wildman–Crippen MR) is 153 cm³/mol. The maximum Gasteiger partial charge on any atom is 0.307 e. The zero-order valence-corrected chi connectivity index (χ0v) is 23.5. The molecule has 3 aromatic carbocycles. The Labute approximate surface area is 228 Å². The third-order valence-electron chi connectivity index (χ3n) is 6.24. The van der Waals surface area contributed by atoms with E-state index in [-0.39, 0.29) is 18.3 Å². The van der Waals surface area contributed by atoms with Crippen LogP contribution in [0.5, 0.6) is 5.75 Å². The average Bonchev–Trinajstić information content (AvgIpc) is 3.30. The lowest BCUT2D eigenvalue weighted by molar-refractivity contribution is -0.143. The summed E-state index contributed by atoms with van der Waals surface area (Å²) in [4.78, 5) is 12.3. The van der Waals surface area contributed by atoms with E-state index < -0.39 is 9.84 Å². The minimum Gasteiger partial charge on any atom is -0.489 e. The van der Waals surface area contributed by atoms with Crippen molar-refractivity contribution in [2.75, 3.05) is 12.9 Å². The minimum absolute atomic E-state index is 0.217. The van der Waals surface area contributed by atoms with Gasteiger partial charge in [0.15, 0.2) is 9.84 Å². The van der Waals surface area contributed by atoms with Gasteiger partial charge in [-0.15, -0.1) is 17.3 Å². The van der Waals surface area contributed by atoms with Crippen molar-refractivity contribution in [3.05, 3.63) is 82.7 Å². The lowest BCUT2D eigenvalue weighted by Gasteiger charge is -2.12. The Morgan fingerprint density at radius 2 is 1.79 bits per heavy atom. The van der Waals surface area contributed by atoms with Gasteiger partial charge < -0.3 is 9.47 Å². The lowest BCUT2D eigenvalue weighted by atomic mass is 9.96. The predicted octanol–water partition coefficient (Wildman–Crippen LogP) is 6.92. The van der Waals surface area contributed by atoms with Crippen molar-refractivity contribution in [1.82, 2.24) is 0 Å². The van der Waals surface area contributed by atoms with Crippen molar-refractivity contribution in [2.24, 2.45) is 0 Å². The van der Waals surface area contributed by atoms with E-state index in [4.69, 9.17) is 9.47 Å². The molecule has 0 amide bonds. The first-order valence-electron chi connectivity index (χ1n) is 12.3. The Balaban J connectivity index is 1.50. The maximum atomic E-state index is 12.0. The average molecular weight is 547 g/mol. The molecule has 0 aliphatic rings. The van der Waals surface area contributed by atoms with Crippen LogP contribution in [0.4, 0.5) is 0 Å². The monoisotopic (exact) mass is 546 g/mol. The molecule has 196 valence electrons. The number of aryl methyl sites for hydroxylation is 1. The number of hydrogen-bond acceptors (Lipinski definition) is 6. The largest absolute Gasteiger partial charge is 0.489 e. The zero-order valence-electron chi connectivity index (χ0n) is 21.9. The molecular weight excluding hydrogens is 516 g/mol. The van der Waals surface area contributed by atoms with Crippen molar-refractivity contribution in [1.29, 1.82) is 0 Å². The molecular formula is C31H30O5S2. The second-order valence-electron chi connectivity index (χ2n) is 9.04. The molecule has 7 heteroatoms. The molecule has 0 radical (unpaired) electrons. The van der Waals surface area contributed by atoms with E-state index in [9.17, 15) is 13.2 Å². The van der Waals surface area contributed by atoms with Crippen molar-refractivity contribution >= 4 is 37.2 Å². The van der Waals surface area contributed by atoms with Gasteiger partial charge in [0, 0.05) is 21.9 Å². The van der Waals surface area contributed by atoms with Crippen LogP contribution in [0.25, 0.3) is 21.2 Å². The molecule has 1 aromatic heterocycles. The Bertz CT molecular complexity index is 1620. The lowest BCUT2D eigenvalue weighted by Crippen LogP contribution is -2.09. The molecule has 1 heterocycles. The molecule has 0 saturated carbocycles. The molecule has 5 nitrogen and oxygen atoms in total. The van der Waals surface area contributed by atoms with Gasteiger partial charge in [-0.05, 0) is 84.8 Å². The van der Waals surface area contributed by atoms with Crippen LogP contribution in [-0.2, 0) is 26.0 Å². The van der Waals surface area contributed by atoms with Crippen molar-refractivity contribution in [3.8, 4) is 28.7 Å². The molecule has 4 aromatic rings. The van der Waals surface area contributed by atoms with Gasteiger partial charge in [0.2, 0.25) is 0 Å². The third-order valence-corrected chi connectivity index (χ3v) is 8.31. The summed E-state index contributed by atoms with van der Waals surface area (Å²) in [5.74, 6) is 6.24. The number of hydrogen-bond donors (Lipinski definition) is 0. The third kappa shape index (κ3) is 6.45. The molecule has 4 rings (SSSR count). The highest BCUT2D eigenvalue weighted by atomic mass is 32.2. The van der Waals surface area contributed by atoms with Crippen LogP contribution in [0.2, 0.25) is 0 Å². The maximum absolute atomic E-state index is 12.0. The number of carbonyl (C=O) groups excluding carboxylic acids is 1. The fraction of sp³-hybridized carbons (Fsp3) is 0.258. The Morgan fingerprint density at radius 1 is 1.03 bits per heavy atom. The number of fused-ring (bicyclic) bond motifs is 1. The fourth-order valence-corrected chi connectivity index (χ4v) is 5.97. The highest BCUT2D eigenvalue weighted by Gasteiger charge is 2.16. The van der Waals surface area contributed by atoms with E-state index in [1.807, 2.05) is 37.3 Å². The molecule has 0 bridgehead atoms. The number of sulfone groups is 1. The Morgan fingerprint density at radius 3 is 2.45 bits per heavy atom. The summed E-state index contributed by atoms with van der Waals surface area (Å²) in [6.07, 6.45) is 1.44. The van der Waals surface area contributed by atoms with Crippen LogP contribution in [-0.4, -0.2) is 27.2 Å². The number of benzene rings is 3. The number of thiophene rings is 1. The van der Waals surface area contributed by atoms with Gasteiger partial charge in [-0.2, -0.15) is 0 Å². The Hall–Kier alpha value is -3.60. The van der Waals surface area contributed by atoms with E-state index >= 15 is 0 Å². The number of esters is 1. The van der Waals surface area contributed by atoms with Crippen LogP contribution in [0.15, 0.2) is 70.9 Å². The molecule has 0 saturated heterocycles. The van der Waals surface area contributed by atoms with Crippen LogP contribution in [0, 0.1) is 18.8 Å². The summed E-state index contributed by atoms with van der Waals surface area (Å²) in [7, 11) is -3.25. The van der Waals surface area contributed by atoms with Crippen LogP contribution < -0.4 is 4.74 Å². The standard InChI is InChI=1S/C31H30O5S2/c1-5-7-24(18-31(32)35-6-2)23-9-11-25(12-10-23)36-19-22-8-15-30-28(17-22)29(20-37-30)27-14-13-26(16-21(27)3)38(4,33)34/h8-17,20,24H,6,18-19H2,1-4H3/t24-/m0/s1. The van der Waals surface area contributed by atoms with E-state index in [1.165, 1.54) is 6.26 Å². The summed E-state index contributed by atoms with van der Waals surface area (Å²) in [5.41, 5.74) is 5.00. The second-order valence-corrected chi connectivity index (χ2v) is 12.0. The minimum atomic E-state index is -3.25. The molecule has 0 unspecified atom stereocenters. The number of ether oxygens (including phenoxy) is 2. The summed E-state index contributed by atoms with van der Waals surface area (Å²) in [6.45, 7) is 6.24. The van der Waals surface area contributed by atoms with Crippen LogP contribution in [0.1, 0.15) is 42.9 Å². The fourth-order valence-electron chi connectivity index (χ4n) is 4.32. The first-order valence-corrected chi connectivity index (χ1v) is 15.1. The van der Waals surface area contributed by atoms with Gasteiger partial charge in [-0.25, -0.2) is 8.42 Å². The Kier molecular flexibility index (Phi) is 8.55. The molecule has 0 spiro atoms. The van der Waals surface area contributed by atoms with Crippen molar-refractivity contribution in [2.45, 2.75) is 44.6 Å². The van der Waals surface area contributed by atoms with Crippen LogP contribution in [0.3, 0.4) is 0 Å². The van der Waals surface area contributed by atoms with Gasteiger partial charge in [0.05, 0.1) is 23.8 Å². The first kappa shape index (κ1) is 27.4. The van der Waals surface area contributed by atoms with Gasteiger partial charge in [0.1, 0.15) is 12.4 Å². The smallest absolute Gasteiger partial charge is 0.307 e. The molecule has 0 fully saturated rings. The van der Waals surface area contributed by atoms with E-state index in [0.717, 1.165) is 43.7 Å². The zero-order chi connectivity index (χ0) is 27.3. The summed E-state index contributed by atoms with van der Waals surface area (Å²) in [6, 6.07) is 19.2. The summed E-state index contributed by atoms with van der Waals surface area (Å²) < 4.78 is 36.2. The molecule has 0 aliphatic carbocycles. The van der Waals surface area contributed by atoms with Crippen molar-refractivity contribution < 1.29 is 22.7 Å². The van der Waals surface area contributed by atoms with Gasteiger partial charge in [-0.1, -0.05) is 30.2 Å². The molecule has 1 atom stereocenters. The van der Waals surface area contributed by atoms with E-state index in [2.05, 4.69) is 35.4 Å². The second kappa shape index (κ2) is 11.8. The normalized spacial score (nSPS) is 12.0. The molecule has 38 heavy (non-hydrogen) atoms. The molecule has 0 N–H and O–H groups in total. The van der Waals surface area contributed by atoms with Gasteiger partial charge in [0.25, 0.3) is 0 Å².